The summed E-state index contributed by atoms with van der Waals surface area (Å²) in [6.45, 7) is 31.7. The predicted molar refractivity (Wildman–Crippen MR) is 204 cm³/mol. The molecule has 242 valence electrons. The van der Waals surface area contributed by atoms with Crippen LogP contribution in [0.25, 0.3) is 0 Å². The zero-order valence-corrected chi connectivity index (χ0v) is 31.3. The van der Waals surface area contributed by atoms with E-state index in [4.69, 9.17) is 0 Å². The normalized spacial score (nSPS) is 21.5. The molecular weight excluding hydrogens is 565 g/mol. The van der Waals surface area contributed by atoms with Crippen molar-refractivity contribution in [3.05, 3.63) is 106 Å². The molecular formula is C45H54BN. The van der Waals surface area contributed by atoms with Crippen LogP contribution in [0, 0.1) is 0 Å². The second-order valence-electron chi connectivity index (χ2n) is 19.8. The molecule has 4 aromatic carbocycles. The van der Waals surface area contributed by atoms with E-state index in [1.54, 1.807) is 0 Å². The highest BCUT2D eigenvalue weighted by molar-refractivity contribution is 6.99. The largest absolute Gasteiger partial charge is 0.311 e. The molecule has 0 amide bonds. The molecule has 47 heavy (non-hydrogen) atoms. The van der Waals surface area contributed by atoms with Crippen molar-refractivity contribution in [2.75, 3.05) is 4.90 Å². The second kappa shape index (κ2) is 9.05. The summed E-state index contributed by atoms with van der Waals surface area (Å²) in [5.41, 5.74) is 19.5. The van der Waals surface area contributed by atoms with E-state index in [1.807, 2.05) is 0 Å². The van der Waals surface area contributed by atoms with Crippen LogP contribution in [-0.4, -0.2) is 6.71 Å². The second-order valence-corrected chi connectivity index (χ2v) is 19.8. The number of benzene rings is 4. The summed E-state index contributed by atoms with van der Waals surface area (Å²) < 4.78 is 0. The lowest BCUT2D eigenvalue weighted by Crippen LogP contribution is -2.64. The van der Waals surface area contributed by atoms with E-state index in [2.05, 4.69) is 162 Å². The molecule has 2 aliphatic carbocycles. The lowest BCUT2D eigenvalue weighted by atomic mass is 9.30. The molecule has 0 bridgehead atoms. The molecule has 0 saturated heterocycles. The first kappa shape index (κ1) is 31.0. The van der Waals surface area contributed by atoms with Gasteiger partial charge in [-0.1, -0.05) is 138 Å². The molecule has 0 radical (unpaired) electrons. The lowest BCUT2D eigenvalue weighted by Gasteiger charge is -2.46. The van der Waals surface area contributed by atoms with E-state index in [0.717, 1.165) is 0 Å². The van der Waals surface area contributed by atoms with Crippen molar-refractivity contribution in [1.82, 2.24) is 0 Å². The van der Waals surface area contributed by atoms with Gasteiger partial charge in [-0.25, -0.2) is 0 Å². The Balaban J connectivity index is 1.48. The van der Waals surface area contributed by atoms with Gasteiger partial charge in [-0.05, 0) is 114 Å². The van der Waals surface area contributed by atoms with Crippen LogP contribution >= 0.6 is 0 Å². The van der Waals surface area contributed by atoms with Gasteiger partial charge in [-0.15, -0.1) is 0 Å². The molecule has 0 unspecified atom stereocenters. The quantitative estimate of drug-likeness (QED) is 0.169. The van der Waals surface area contributed by atoms with Crippen LogP contribution in [0.5, 0.6) is 0 Å². The van der Waals surface area contributed by atoms with Gasteiger partial charge in [0, 0.05) is 22.5 Å². The maximum Gasteiger partial charge on any atom is 0.247 e. The van der Waals surface area contributed by atoms with Crippen molar-refractivity contribution in [2.24, 2.45) is 0 Å². The number of nitrogens with zero attached hydrogens (tertiary/aromatic N) is 1. The van der Waals surface area contributed by atoms with Crippen molar-refractivity contribution >= 4 is 40.2 Å². The summed E-state index contributed by atoms with van der Waals surface area (Å²) in [5.74, 6) is 0. The topological polar surface area (TPSA) is 3.24 Å². The van der Waals surface area contributed by atoms with Gasteiger partial charge in [0.1, 0.15) is 0 Å². The molecule has 2 aliphatic heterocycles. The Morgan fingerprint density at radius 1 is 0.532 bits per heavy atom. The molecule has 0 saturated carbocycles. The standard InChI is InChI=1S/C45H54BN/c1-40(2,3)27-17-19-30-35(21-27)46-36-23-33-34(44(10,11)26-43(33,8)9)24-38(36)47(37-16-14-15-31(39(37)46)45(30,12)13)28-18-20-29-32(22-28)42(6,7)25-41(29,4)5/h14-24H,25-26H2,1-13H3. The van der Waals surface area contributed by atoms with Crippen molar-refractivity contribution < 1.29 is 0 Å². The minimum Gasteiger partial charge on any atom is -0.311 e. The summed E-state index contributed by atoms with van der Waals surface area (Å²) in [6, 6.07) is 27.3. The summed E-state index contributed by atoms with van der Waals surface area (Å²) in [6.07, 6.45) is 2.34. The van der Waals surface area contributed by atoms with Gasteiger partial charge in [-0.3, -0.25) is 0 Å². The Hall–Kier alpha value is -3.26. The third-order valence-electron chi connectivity index (χ3n) is 12.9. The molecule has 0 spiro atoms. The first-order valence-corrected chi connectivity index (χ1v) is 18.1. The van der Waals surface area contributed by atoms with Crippen LogP contribution in [0.15, 0.2) is 66.7 Å². The van der Waals surface area contributed by atoms with Gasteiger partial charge in [-0.2, -0.15) is 0 Å². The Morgan fingerprint density at radius 3 is 1.74 bits per heavy atom. The molecule has 2 heterocycles. The van der Waals surface area contributed by atoms with Crippen LogP contribution in [0.3, 0.4) is 0 Å². The molecule has 0 aromatic heterocycles. The van der Waals surface area contributed by atoms with Crippen LogP contribution in [0.4, 0.5) is 17.1 Å². The first-order chi connectivity index (χ1) is 21.7. The monoisotopic (exact) mass is 619 g/mol. The summed E-state index contributed by atoms with van der Waals surface area (Å²) in [4.78, 5) is 2.66. The van der Waals surface area contributed by atoms with Gasteiger partial charge in [0.05, 0.1) is 0 Å². The van der Waals surface area contributed by atoms with Crippen LogP contribution in [-0.2, 0) is 32.5 Å². The zero-order valence-electron chi connectivity index (χ0n) is 31.3. The van der Waals surface area contributed by atoms with Gasteiger partial charge >= 0.3 is 0 Å². The van der Waals surface area contributed by atoms with Crippen molar-refractivity contribution in [1.29, 1.82) is 0 Å². The lowest BCUT2D eigenvalue weighted by molar-refractivity contribution is 0.403. The van der Waals surface area contributed by atoms with Crippen molar-refractivity contribution in [2.45, 2.75) is 135 Å². The molecule has 4 aliphatic rings. The third kappa shape index (κ3) is 4.15. The molecule has 8 rings (SSSR count). The SMILES string of the molecule is CC(C)(C)c1ccc2c(c1)B1c3cc4c(cc3N(c3ccc5c(c3)C(C)(C)CC5(C)C)c3cccc(c31)C2(C)C)C(C)(C)CC4(C)C. The fourth-order valence-electron chi connectivity index (χ4n) is 11.0. The number of fused-ring (bicyclic) bond motifs is 6. The fourth-order valence-corrected chi connectivity index (χ4v) is 11.0. The van der Waals surface area contributed by atoms with Gasteiger partial charge < -0.3 is 4.90 Å². The van der Waals surface area contributed by atoms with Gasteiger partial charge in [0.2, 0.25) is 6.71 Å². The van der Waals surface area contributed by atoms with Gasteiger partial charge in [0.25, 0.3) is 0 Å². The number of hydrogen-bond acceptors (Lipinski definition) is 1. The molecule has 4 aromatic rings. The maximum atomic E-state index is 2.66. The Kier molecular flexibility index (Phi) is 5.97. The van der Waals surface area contributed by atoms with Crippen LogP contribution in [0.2, 0.25) is 0 Å². The van der Waals surface area contributed by atoms with E-state index in [1.165, 1.54) is 85.2 Å². The molecule has 0 atom stereocenters. The Morgan fingerprint density at radius 2 is 1.11 bits per heavy atom. The van der Waals surface area contributed by atoms with Crippen LogP contribution < -0.4 is 21.3 Å². The van der Waals surface area contributed by atoms with Gasteiger partial charge in [0.15, 0.2) is 0 Å². The average molecular weight is 620 g/mol. The molecule has 0 fully saturated rings. The third-order valence-corrected chi connectivity index (χ3v) is 12.9. The van der Waals surface area contributed by atoms with E-state index in [9.17, 15) is 0 Å². The number of rotatable bonds is 1. The smallest absolute Gasteiger partial charge is 0.247 e. The predicted octanol–water partition coefficient (Wildman–Crippen LogP) is 9.84. The van der Waals surface area contributed by atoms with E-state index in [0.29, 0.717) is 0 Å². The Bertz CT molecular complexity index is 2010. The highest BCUT2D eigenvalue weighted by atomic mass is 15.2. The highest BCUT2D eigenvalue weighted by Gasteiger charge is 2.50. The maximum absolute atomic E-state index is 2.66. The molecule has 1 nitrogen and oxygen atoms in total. The fraction of sp³-hybridized carbons (Fsp3) is 0.467. The van der Waals surface area contributed by atoms with E-state index < -0.39 is 0 Å². The minimum atomic E-state index is -0.0985. The number of hydrogen-bond donors (Lipinski definition) is 0. The zero-order chi connectivity index (χ0) is 33.9. The molecule has 2 heteroatoms. The summed E-state index contributed by atoms with van der Waals surface area (Å²) >= 11 is 0. The first-order valence-electron chi connectivity index (χ1n) is 18.1. The highest BCUT2D eigenvalue weighted by Crippen LogP contribution is 2.54. The average Bonchev–Trinajstić information content (AvgIpc) is 3.27. The van der Waals surface area contributed by atoms with E-state index in [-0.39, 0.29) is 39.2 Å². The minimum absolute atomic E-state index is 0.0808. The summed E-state index contributed by atoms with van der Waals surface area (Å²) in [7, 11) is 0. The summed E-state index contributed by atoms with van der Waals surface area (Å²) in [5, 5.41) is 0. The van der Waals surface area contributed by atoms with Crippen molar-refractivity contribution in [3.63, 3.8) is 0 Å². The Labute approximate surface area is 285 Å². The molecule has 0 N–H and O–H groups in total. The number of anilines is 3. The van der Waals surface area contributed by atoms with Crippen molar-refractivity contribution in [3.8, 4) is 0 Å². The van der Waals surface area contributed by atoms with E-state index >= 15 is 0 Å². The van der Waals surface area contributed by atoms with Crippen LogP contribution in [0.1, 0.15) is 142 Å².